The van der Waals surface area contributed by atoms with E-state index in [0.29, 0.717) is 13.0 Å². The first-order valence-electron chi connectivity index (χ1n) is 12.5. The van der Waals surface area contributed by atoms with Gasteiger partial charge in [0.1, 0.15) is 11.5 Å². The van der Waals surface area contributed by atoms with E-state index in [2.05, 4.69) is 23.3 Å². The van der Waals surface area contributed by atoms with Gasteiger partial charge in [-0.05, 0) is 77.0 Å². The molecule has 0 aliphatic carbocycles. The Balaban J connectivity index is 1.74. The van der Waals surface area contributed by atoms with Crippen LogP contribution in [-0.2, 0) is 11.2 Å². The molecule has 0 aliphatic heterocycles. The number of carbonyl (C=O) groups excluding carboxylic acids is 1. The molecule has 0 saturated carbocycles. The van der Waals surface area contributed by atoms with E-state index < -0.39 is 0 Å². The summed E-state index contributed by atoms with van der Waals surface area (Å²) < 4.78 is 22.1. The summed E-state index contributed by atoms with van der Waals surface area (Å²) in [6.45, 7) is 8.45. The highest BCUT2D eigenvalue weighted by Gasteiger charge is 2.12. The fraction of sp³-hybridized carbons (Fsp3) is 0.483. The summed E-state index contributed by atoms with van der Waals surface area (Å²) in [5.74, 6) is 3.08. The molecule has 0 spiro atoms. The Bertz CT molecular complexity index is 1000. The van der Waals surface area contributed by atoms with Crippen molar-refractivity contribution in [2.45, 2.75) is 46.1 Å². The minimum absolute atomic E-state index is 0.00999. The van der Waals surface area contributed by atoms with Crippen molar-refractivity contribution >= 4 is 12.0 Å². The minimum Gasteiger partial charge on any atom is -0.496 e. The SMILES string of the molecule is COc1ccc(CCN(C)CCCNC(=O)CC=Cc2ccc(OC)c(C)c2OC(C)C)cc1OC. The van der Waals surface area contributed by atoms with Crippen molar-refractivity contribution in [1.29, 1.82) is 0 Å². The molecule has 2 rings (SSSR count). The lowest BCUT2D eigenvalue weighted by molar-refractivity contribution is -0.120. The normalized spacial score (nSPS) is 11.2. The molecule has 0 fully saturated rings. The Morgan fingerprint density at radius 2 is 1.69 bits per heavy atom. The Labute approximate surface area is 216 Å². The van der Waals surface area contributed by atoms with E-state index in [1.807, 2.05) is 57.2 Å². The first-order chi connectivity index (χ1) is 17.3. The zero-order chi connectivity index (χ0) is 26.5. The standard InChI is InChI=1S/C29H42N2O5/c1-21(2)36-29-22(3)25(33-5)15-13-24(29)10-8-11-28(32)30-17-9-18-31(4)19-16-23-12-14-26(34-6)27(20-23)35-7/h8,10,12-15,20-21H,9,11,16-19H2,1-7H3,(H,30,32). The van der Waals surface area contributed by atoms with Crippen LogP contribution in [0.3, 0.4) is 0 Å². The van der Waals surface area contributed by atoms with Crippen molar-refractivity contribution in [2.24, 2.45) is 0 Å². The average molecular weight is 499 g/mol. The van der Waals surface area contributed by atoms with Crippen LogP contribution in [0, 0.1) is 6.92 Å². The summed E-state index contributed by atoms with van der Waals surface area (Å²) in [5, 5.41) is 3.00. The maximum absolute atomic E-state index is 12.3. The summed E-state index contributed by atoms with van der Waals surface area (Å²) in [6.07, 6.45) is 5.98. The predicted octanol–water partition coefficient (Wildman–Crippen LogP) is 4.89. The van der Waals surface area contributed by atoms with Crippen molar-refractivity contribution in [2.75, 3.05) is 48.0 Å². The van der Waals surface area contributed by atoms with Gasteiger partial charge in [0.25, 0.3) is 0 Å². The number of benzene rings is 2. The number of hydrogen-bond acceptors (Lipinski definition) is 6. The quantitative estimate of drug-likeness (QED) is 0.353. The van der Waals surface area contributed by atoms with Crippen molar-refractivity contribution in [1.82, 2.24) is 10.2 Å². The van der Waals surface area contributed by atoms with Gasteiger partial charge >= 0.3 is 0 Å². The number of ether oxygens (including phenoxy) is 4. The highest BCUT2D eigenvalue weighted by molar-refractivity contribution is 5.78. The van der Waals surface area contributed by atoms with E-state index >= 15 is 0 Å². The molecule has 0 aliphatic rings. The zero-order valence-corrected chi connectivity index (χ0v) is 22.8. The van der Waals surface area contributed by atoms with Gasteiger partial charge in [-0.15, -0.1) is 0 Å². The second-order valence-corrected chi connectivity index (χ2v) is 9.03. The van der Waals surface area contributed by atoms with Gasteiger partial charge in [0.05, 0.1) is 27.4 Å². The monoisotopic (exact) mass is 498 g/mol. The number of amides is 1. The van der Waals surface area contributed by atoms with E-state index in [0.717, 1.165) is 60.1 Å². The van der Waals surface area contributed by atoms with Gasteiger partial charge in [-0.25, -0.2) is 0 Å². The number of rotatable bonds is 15. The summed E-state index contributed by atoms with van der Waals surface area (Å²) in [5.41, 5.74) is 3.09. The summed E-state index contributed by atoms with van der Waals surface area (Å²) in [6, 6.07) is 9.89. The molecular formula is C29H42N2O5. The zero-order valence-electron chi connectivity index (χ0n) is 22.8. The van der Waals surface area contributed by atoms with E-state index in [9.17, 15) is 4.79 Å². The van der Waals surface area contributed by atoms with Crippen LogP contribution in [0.1, 0.15) is 43.4 Å². The van der Waals surface area contributed by atoms with Crippen LogP contribution in [0.25, 0.3) is 6.08 Å². The molecule has 1 N–H and O–H groups in total. The molecule has 0 unspecified atom stereocenters. The topological polar surface area (TPSA) is 69.3 Å². The van der Waals surface area contributed by atoms with Crippen LogP contribution >= 0.6 is 0 Å². The van der Waals surface area contributed by atoms with E-state index in [-0.39, 0.29) is 12.0 Å². The average Bonchev–Trinajstić information content (AvgIpc) is 2.87. The molecule has 2 aromatic carbocycles. The van der Waals surface area contributed by atoms with E-state index in [4.69, 9.17) is 18.9 Å². The van der Waals surface area contributed by atoms with Gasteiger partial charge in [0.15, 0.2) is 11.5 Å². The van der Waals surface area contributed by atoms with Crippen molar-refractivity contribution in [3.8, 4) is 23.0 Å². The summed E-state index contributed by atoms with van der Waals surface area (Å²) in [7, 11) is 7.04. The highest BCUT2D eigenvalue weighted by Crippen LogP contribution is 2.33. The van der Waals surface area contributed by atoms with Crippen LogP contribution < -0.4 is 24.3 Å². The fourth-order valence-corrected chi connectivity index (χ4v) is 3.85. The van der Waals surface area contributed by atoms with Crippen LogP contribution in [0.15, 0.2) is 36.4 Å². The molecule has 198 valence electrons. The maximum Gasteiger partial charge on any atom is 0.223 e. The molecule has 0 atom stereocenters. The lowest BCUT2D eigenvalue weighted by atomic mass is 10.1. The molecule has 2 aromatic rings. The molecule has 7 nitrogen and oxygen atoms in total. The smallest absolute Gasteiger partial charge is 0.223 e. The molecular weight excluding hydrogens is 456 g/mol. The van der Waals surface area contributed by atoms with Gasteiger partial charge < -0.3 is 29.2 Å². The molecule has 0 aromatic heterocycles. The number of methoxy groups -OCH3 is 3. The van der Waals surface area contributed by atoms with Crippen molar-refractivity contribution in [3.05, 3.63) is 53.1 Å². The maximum atomic E-state index is 12.3. The lowest BCUT2D eigenvalue weighted by Gasteiger charge is -2.17. The Hall–Kier alpha value is -3.19. The minimum atomic E-state index is 0.00999. The Kier molecular flexibility index (Phi) is 12.1. The molecule has 0 bridgehead atoms. The predicted molar refractivity (Wildman–Crippen MR) is 146 cm³/mol. The van der Waals surface area contributed by atoms with Crippen LogP contribution in [0.5, 0.6) is 23.0 Å². The molecule has 0 radical (unpaired) electrons. The molecule has 1 amide bonds. The molecule has 0 saturated heterocycles. The largest absolute Gasteiger partial charge is 0.496 e. The second kappa shape index (κ2) is 15.0. The third kappa shape index (κ3) is 9.11. The second-order valence-electron chi connectivity index (χ2n) is 9.03. The number of likely N-dealkylation sites (N-methyl/N-ethyl adjacent to an activating group) is 1. The van der Waals surface area contributed by atoms with Gasteiger partial charge in [0, 0.05) is 30.6 Å². The molecule has 36 heavy (non-hydrogen) atoms. The first-order valence-corrected chi connectivity index (χ1v) is 12.5. The van der Waals surface area contributed by atoms with Gasteiger partial charge in [-0.3, -0.25) is 4.79 Å². The fourth-order valence-electron chi connectivity index (χ4n) is 3.85. The number of nitrogens with one attached hydrogen (secondary N) is 1. The van der Waals surface area contributed by atoms with Gasteiger partial charge in [-0.1, -0.05) is 18.2 Å². The lowest BCUT2D eigenvalue weighted by Crippen LogP contribution is -2.28. The third-order valence-electron chi connectivity index (χ3n) is 5.83. The van der Waals surface area contributed by atoms with Gasteiger partial charge in [0.2, 0.25) is 5.91 Å². The highest BCUT2D eigenvalue weighted by atomic mass is 16.5. The van der Waals surface area contributed by atoms with Crippen molar-refractivity contribution < 1.29 is 23.7 Å². The van der Waals surface area contributed by atoms with E-state index in [1.54, 1.807) is 21.3 Å². The molecule has 7 heteroatoms. The summed E-state index contributed by atoms with van der Waals surface area (Å²) in [4.78, 5) is 14.6. The number of nitrogens with zero attached hydrogens (tertiary/aromatic N) is 1. The Morgan fingerprint density at radius 3 is 2.36 bits per heavy atom. The number of hydrogen-bond donors (Lipinski definition) is 1. The van der Waals surface area contributed by atoms with Gasteiger partial charge in [-0.2, -0.15) is 0 Å². The van der Waals surface area contributed by atoms with Crippen LogP contribution in [0.2, 0.25) is 0 Å². The van der Waals surface area contributed by atoms with Crippen LogP contribution in [-0.4, -0.2) is 64.9 Å². The Morgan fingerprint density at radius 1 is 1.00 bits per heavy atom. The van der Waals surface area contributed by atoms with Crippen molar-refractivity contribution in [3.63, 3.8) is 0 Å². The number of carbonyl (C=O) groups is 1. The van der Waals surface area contributed by atoms with E-state index in [1.165, 1.54) is 5.56 Å². The van der Waals surface area contributed by atoms with Crippen LogP contribution in [0.4, 0.5) is 0 Å². The first kappa shape index (κ1) is 29.0. The summed E-state index contributed by atoms with van der Waals surface area (Å²) >= 11 is 0. The molecule has 0 heterocycles. The third-order valence-corrected chi connectivity index (χ3v) is 5.83.